The number of hydrogen-bond acceptors (Lipinski definition) is 5. The summed E-state index contributed by atoms with van der Waals surface area (Å²) < 4.78 is -0.645. The Morgan fingerprint density at radius 2 is 1.86 bits per heavy atom. The zero-order chi connectivity index (χ0) is 30.4. The van der Waals surface area contributed by atoms with Gasteiger partial charge in [0.05, 0.1) is 16.6 Å². The summed E-state index contributed by atoms with van der Waals surface area (Å²) >= 11 is 1.73. The predicted molar refractivity (Wildman–Crippen MR) is 170 cm³/mol. The molecule has 1 aromatic carbocycles. The number of benzene rings is 1. The third-order valence-electron chi connectivity index (χ3n) is 9.55. The lowest BCUT2D eigenvalue weighted by molar-refractivity contribution is -0.145. The molecule has 7 nitrogen and oxygen atoms in total. The molecule has 2 bridgehead atoms. The van der Waals surface area contributed by atoms with Crippen molar-refractivity contribution < 1.29 is 19.5 Å². The van der Waals surface area contributed by atoms with E-state index < -0.39 is 22.6 Å². The third-order valence-corrected chi connectivity index (χ3v) is 11.6. The minimum Gasteiger partial charge on any atom is -0.396 e. The second-order valence-corrected chi connectivity index (χ2v) is 13.8. The number of rotatable bonds is 16. The molecule has 1 aromatic rings. The second kappa shape index (κ2) is 14.3. The second-order valence-electron chi connectivity index (χ2n) is 12.3. The molecule has 3 heterocycles. The van der Waals surface area contributed by atoms with E-state index in [1.54, 1.807) is 23.9 Å². The largest absolute Gasteiger partial charge is 0.396 e. The van der Waals surface area contributed by atoms with E-state index >= 15 is 0 Å². The van der Waals surface area contributed by atoms with Crippen molar-refractivity contribution in [3.8, 4) is 0 Å². The summed E-state index contributed by atoms with van der Waals surface area (Å²) in [6, 6.07) is 9.32. The van der Waals surface area contributed by atoms with Gasteiger partial charge in [-0.15, -0.1) is 24.9 Å². The number of likely N-dealkylation sites (tertiary alicyclic amines) is 1. The number of unbranched alkanes of at least 4 members (excludes halogenated alkanes) is 2. The fraction of sp³-hybridized carbons (Fsp3) is 0.618. The molecule has 3 aliphatic heterocycles. The number of hydrogen-bond donors (Lipinski definition) is 1. The Labute approximate surface area is 256 Å². The maximum absolute atomic E-state index is 14.6. The van der Waals surface area contributed by atoms with Crippen molar-refractivity contribution in [2.45, 2.75) is 87.9 Å². The van der Waals surface area contributed by atoms with E-state index in [1.807, 2.05) is 45.0 Å². The number of aliphatic hydroxyl groups is 1. The summed E-state index contributed by atoms with van der Waals surface area (Å²) in [4.78, 5) is 49.1. The number of carbonyl (C=O) groups is 3. The van der Waals surface area contributed by atoms with Crippen molar-refractivity contribution in [2.75, 3.05) is 26.2 Å². The zero-order valence-corrected chi connectivity index (χ0v) is 26.4. The van der Waals surface area contributed by atoms with Crippen LogP contribution in [0.5, 0.6) is 0 Å². The summed E-state index contributed by atoms with van der Waals surface area (Å²) in [5, 5.41) is 9.34. The van der Waals surface area contributed by atoms with E-state index in [1.165, 1.54) is 0 Å². The maximum Gasteiger partial charge on any atom is 0.247 e. The van der Waals surface area contributed by atoms with Crippen LogP contribution in [-0.4, -0.2) is 85.8 Å². The van der Waals surface area contributed by atoms with Gasteiger partial charge >= 0.3 is 0 Å². The molecule has 0 saturated carbocycles. The first-order chi connectivity index (χ1) is 20.3. The Morgan fingerprint density at radius 3 is 2.50 bits per heavy atom. The zero-order valence-electron chi connectivity index (χ0n) is 25.6. The Morgan fingerprint density at radius 1 is 1.14 bits per heavy atom. The fourth-order valence-electron chi connectivity index (χ4n) is 7.65. The van der Waals surface area contributed by atoms with Crippen LogP contribution < -0.4 is 0 Å². The minimum atomic E-state index is -0.645. The van der Waals surface area contributed by atoms with Crippen LogP contribution >= 0.6 is 11.8 Å². The van der Waals surface area contributed by atoms with Gasteiger partial charge in [-0.3, -0.25) is 14.4 Å². The SMILES string of the molecule is C=CCN(Cc1ccccc1)C(=O)[C@@H]1[C@H]2C(=O)N(CCCCCO)C(C(=O)N(CC=C)C(C)CCC)C23S[C@@H]1CC3C. The molecule has 1 N–H and O–H groups in total. The molecular weight excluding hydrogens is 546 g/mol. The number of thioether (sulfide) groups is 1. The van der Waals surface area contributed by atoms with Crippen molar-refractivity contribution in [3.05, 3.63) is 61.2 Å². The first-order valence-corrected chi connectivity index (χ1v) is 16.6. The molecule has 3 aliphatic rings. The van der Waals surface area contributed by atoms with Crippen LogP contribution in [0.4, 0.5) is 0 Å². The van der Waals surface area contributed by atoms with Crippen LogP contribution in [0.15, 0.2) is 55.6 Å². The van der Waals surface area contributed by atoms with Crippen LogP contribution in [0.1, 0.15) is 64.9 Å². The van der Waals surface area contributed by atoms with Crippen molar-refractivity contribution >= 4 is 29.5 Å². The Balaban J connectivity index is 1.72. The van der Waals surface area contributed by atoms with E-state index in [0.29, 0.717) is 39.0 Å². The Bertz CT molecular complexity index is 1130. The summed E-state index contributed by atoms with van der Waals surface area (Å²) in [6.07, 6.45) is 8.31. The van der Waals surface area contributed by atoms with Gasteiger partial charge < -0.3 is 19.8 Å². The highest BCUT2D eigenvalue weighted by Crippen LogP contribution is 2.69. The normalized spacial score (nSPS) is 28.4. The van der Waals surface area contributed by atoms with E-state index in [9.17, 15) is 19.5 Å². The standard InChI is InChI=1S/C34H49N3O4S/c1-6-15-25(5)36(19-8-3)33(41)30-34-24(4)22-27(42-34)28(29(34)32(40)37(30)20-13-10-14-21-38)31(39)35(18-7-2)23-26-16-11-9-12-17-26/h7-9,11-12,16-17,24-25,27-30,38H,2-3,6,10,13-15,18-23H2,1,4-5H3/t24?,25?,27-,28+,29+,30?,34?/m1/s1. The molecule has 3 saturated heterocycles. The predicted octanol–water partition coefficient (Wildman–Crippen LogP) is 4.90. The van der Waals surface area contributed by atoms with Gasteiger partial charge in [0.1, 0.15) is 6.04 Å². The van der Waals surface area contributed by atoms with E-state index in [0.717, 1.165) is 31.2 Å². The summed E-state index contributed by atoms with van der Waals surface area (Å²) in [5.41, 5.74) is 1.04. The van der Waals surface area contributed by atoms with Crippen molar-refractivity contribution in [1.29, 1.82) is 0 Å². The summed E-state index contributed by atoms with van der Waals surface area (Å²) in [5.74, 6) is -0.979. The van der Waals surface area contributed by atoms with Crippen LogP contribution in [0.3, 0.4) is 0 Å². The molecule has 42 heavy (non-hydrogen) atoms. The molecule has 0 aliphatic carbocycles. The first kappa shape index (κ1) is 32.3. The summed E-state index contributed by atoms with van der Waals surface area (Å²) in [6.45, 7) is 16.0. The molecule has 7 atom stereocenters. The summed E-state index contributed by atoms with van der Waals surface area (Å²) in [7, 11) is 0. The van der Waals surface area contributed by atoms with E-state index in [2.05, 4.69) is 33.9 Å². The Kier molecular flexibility index (Phi) is 11.0. The molecule has 3 amide bonds. The average Bonchev–Trinajstić information content (AvgIpc) is 3.57. The van der Waals surface area contributed by atoms with Gasteiger partial charge in [-0.25, -0.2) is 0 Å². The van der Waals surface area contributed by atoms with Gasteiger partial charge in [-0.2, -0.15) is 0 Å². The topological polar surface area (TPSA) is 81.2 Å². The number of amides is 3. The molecule has 8 heteroatoms. The third kappa shape index (κ3) is 5.94. The van der Waals surface area contributed by atoms with Gasteiger partial charge in [0.15, 0.2) is 0 Å². The molecule has 0 radical (unpaired) electrons. The van der Waals surface area contributed by atoms with Crippen LogP contribution in [0, 0.1) is 17.8 Å². The number of nitrogens with zero attached hydrogens (tertiary/aromatic N) is 3. The molecule has 4 rings (SSSR count). The van der Waals surface area contributed by atoms with E-state index in [-0.39, 0.29) is 41.5 Å². The lowest BCUT2D eigenvalue weighted by Gasteiger charge is -2.42. The highest BCUT2D eigenvalue weighted by Gasteiger charge is 2.76. The van der Waals surface area contributed by atoms with Crippen LogP contribution in [-0.2, 0) is 20.9 Å². The maximum atomic E-state index is 14.6. The van der Waals surface area contributed by atoms with Gasteiger partial charge in [0, 0.05) is 44.1 Å². The number of aliphatic hydroxyl groups excluding tert-OH is 1. The Hall–Kier alpha value is -2.58. The highest BCUT2D eigenvalue weighted by atomic mass is 32.2. The van der Waals surface area contributed by atoms with Crippen molar-refractivity contribution in [2.24, 2.45) is 17.8 Å². The monoisotopic (exact) mass is 595 g/mol. The first-order valence-electron chi connectivity index (χ1n) is 15.7. The number of fused-ring (bicyclic) bond motifs is 1. The van der Waals surface area contributed by atoms with Crippen LogP contribution in [0.2, 0.25) is 0 Å². The fourth-order valence-corrected chi connectivity index (χ4v) is 10.1. The number of carbonyl (C=O) groups excluding carboxylic acids is 3. The lowest BCUT2D eigenvalue weighted by Crippen LogP contribution is -2.58. The lowest BCUT2D eigenvalue weighted by atomic mass is 9.65. The van der Waals surface area contributed by atoms with Gasteiger partial charge in [0.2, 0.25) is 17.7 Å². The quantitative estimate of drug-likeness (QED) is 0.217. The van der Waals surface area contributed by atoms with Crippen molar-refractivity contribution in [3.63, 3.8) is 0 Å². The smallest absolute Gasteiger partial charge is 0.247 e. The molecule has 0 aromatic heterocycles. The molecular formula is C34H49N3O4S. The van der Waals surface area contributed by atoms with Gasteiger partial charge in [-0.05, 0) is 50.5 Å². The highest BCUT2D eigenvalue weighted by molar-refractivity contribution is 8.02. The van der Waals surface area contributed by atoms with Gasteiger partial charge in [0.25, 0.3) is 0 Å². The molecule has 3 fully saturated rings. The molecule has 4 unspecified atom stereocenters. The average molecular weight is 596 g/mol. The van der Waals surface area contributed by atoms with Crippen LogP contribution in [0.25, 0.3) is 0 Å². The van der Waals surface area contributed by atoms with Gasteiger partial charge in [-0.1, -0.05) is 62.8 Å². The molecule has 230 valence electrons. The van der Waals surface area contributed by atoms with E-state index in [4.69, 9.17) is 0 Å². The van der Waals surface area contributed by atoms with Crippen molar-refractivity contribution in [1.82, 2.24) is 14.7 Å². The molecule has 1 spiro atoms. The minimum absolute atomic E-state index is 0.00250.